The van der Waals surface area contributed by atoms with Crippen LogP contribution in [0.5, 0.6) is 0 Å². The summed E-state index contributed by atoms with van der Waals surface area (Å²) in [4.78, 5) is 12.8. The Bertz CT molecular complexity index is 3500. The van der Waals surface area contributed by atoms with Crippen molar-refractivity contribution in [2.75, 3.05) is 4.90 Å². The molecule has 0 unspecified atom stereocenters. The number of fused-ring (bicyclic) bond motifs is 6. The SMILES string of the molecule is c1ccc(-c2nc(-c3ccc(-n4c5ccc(N(c6ccccc6)c6ccccc6)cc5c5ccc6c(ccn6-c6ccccc6)c54)cc3)nc3c2ccn3-c2ccccc2)cc1. The summed E-state index contributed by atoms with van der Waals surface area (Å²) in [5.74, 6) is 0.676. The second-order valence-corrected chi connectivity index (χ2v) is 15.5. The van der Waals surface area contributed by atoms with Crippen molar-refractivity contribution in [3.05, 3.63) is 231 Å². The second kappa shape index (κ2) is 14.7. The average Bonchev–Trinajstić information content (AvgIpc) is 4.07. The zero-order valence-electron chi connectivity index (χ0n) is 33.6. The van der Waals surface area contributed by atoms with Crippen molar-refractivity contribution >= 4 is 60.8 Å². The summed E-state index contributed by atoms with van der Waals surface area (Å²) >= 11 is 0. The van der Waals surface area contributed by atoms with Gasteiger partial charge >= 0.3 is 0 Å². The molecule has 0 aliphatic heterocycles. The van der Waals surface area contributed by atoms with Gasteiger partial charge in [0.15, 0.2) is 5.82 Å². The molecule has 0 aliphatic rings. The van der Waals surface area contributed by atoms with Crippen LogP contribution < -0.4 is 4.90 Å². The number of hydrogen-bond donors (Lipinski definition) is 0. The van der Waals surface area contributed by atoms with Gasteiger partial charge in [-0.15, -0.1) is 0 Å². The van der Waals surface area contributed by atoms with Crippen LogP contribution in [-0.2, 0) is 0 Å². The van der Waals surface area contributed by atoms with Crippen molar-refractivity contribution in [1.82, 2.24) is 23.7 Å². The minimum absolute atomic E-state index is 0.676. The number of anilines is 3. The molecule has 4 aromatic heterocycles. The fourth-order valence-corrected chi connectivity index (χ4v) is 9.05. The van der Waals surface area contributed by atoms with Gasteiger partial charge in [-0.05, 0) is 109 Å². The molecule has 6 nitrogen and oxygen atoms in total. The van der Waals surface area contributed by atoms with E-state index in [1.54, 1.807) is 0 Å². The summed E-state index contributed by atoms with van der Waals surface area (Å²) in [5, 5.41) is 4.55. The van der Waals surface area contributed by atoms with E-state index < -0.39 is 0 Å². The third-order valence-corrected chi connectivity index (χ3v) is 11.9. The van der Waals surface area contributed by atoms with Crippen molar-refractivity contribution in [3.8, 4) is 39.7 Å². The Balaban J connectivity index is 1.05. The topological polar surface area (TPSA) is 43.8 Å². The highest BCUT2D eigenvalue weighted by molar-refractivity contribution is 6.19. The summed E-state index contributed by atoms with van der Waals surface area (Å²) in [5.41, 5.74) is 13.7. The molecule has 0 atom stereocenters. The number of nitrogens with zero attached hydrogens (tertiary/aromatic N) is 6. The van der Waals surface area contributed by atoms with Gasteiger partial charge in [0, 0.05) is 79.2 Å². The lowest BCUT2D eigenvalue weighted by molar-refractivity contribution is 1.08. The predicted octanol–water partition coefficient (Wildman–Crippen LogP) is 14.3. The van der Waals surface area contributed by atoms with E-state index in [4.69, 9.17) is 9.97 Å². The molecule has 12 rings (SSSR count). The second-order valence-electron chi connectivity index (χ2n) is 15.5. The first-order valence-corrected chi connectivity index (χ1v) is 20.9. The summed E-state index contributed by atoms with van der Waals surface area (Å²) in [6.07, 6.45) is 4.28. The van der Waals surface area contributed by atoms with E-state index in [0.29, 0.717) is 5.82 Å². The Kier molecular flexibility index (Phi) is 8.38. The first-order chi connectivity index (χ1) is 30.8. The summed E-state index contributed by atoms with van der Waals surface area (Å²) in [6, 6.07) is 77.1. The summed E-state index contributed by atoms with van der Waals surface area (Å²) in [7, 11) is 0. The minimum atomic E-state index is 0.676. The molecule has 0 N–H and O–H groups in total. The highest BCUT2D eigenvalue weighted by atomic mass is 15.1. The minimum Gasteiger partial charge on any atom is -0.316 e. The van der Waals surface area contributed by atoms with Gasteiger partial charge in [0.25, 0.3) is 0 Å². The largest absolute Gasteiger partial charge is 0.316 e. The average molecular weight is 795 g/mol. The van der Waals surface area contributed by atoms with E-state index in [2.05, 4.69) is 237 Å². The molecule has 0 saturated carbocycles. The van der Waals surface area contributed by atoms with E-state index in [1.807, 2.05) is 12.1 Å². The lowest BCUT2D eigenvalue weighted by atomic mass is 10.1. The van der Waals surface area contributed by atoms with Gasteiger partial charge in [-0.2, -0.15) is 0 Å². The highest BCUT2D eigenvalue weighted by Crippen LogP contribution is 2.42. The van der Waals surface area contributed by atoms with Crippen molar-refractivity contribution in [2.45, 2.75) is 0 Å². The maximum atomic E-state index is 5.25. The fourth-order valence-electron chi connectivity index (χ4n) is 9.05. The van der Waals surface area contributed by atoms with E-state index >= 15 is 0 Å². The van der Waals surface area contributed by atoms with Crippen molar-refractivity contribution < 1.29 is 0 Å². The van der Waals surface area contributed by atoms with Crippen LogP contribution in [0.3, 0.4) is 0 Å². The maximum Gasteiger partial charge on any atom is 0.162 e. The third-order valence-electron chi connectivity index (χ3n) is 11.9. The molecule has 0 aliphatic carbocycles. The molecule has 4 heterocycles. The Labute approximate surface area is 358 Å². The molecule has 0 saturated heterocycles. The molecule has 0 fully saturated rings. The lowest BCUT2D eigenvalue weighted by Gasteiger charge is -2.25. The molecule has 0 spiro atoms. The van der Waals surface area contributed by atoms with Gasteiger partial charge in [-0.25, -0.2) is 9.97 Å². The van der Waals surface area contributed by atoms with Crippen LogP contribution in [0.2, 0.25) is 0 Å². The van der Waals surface area contributed by atoms with E-state index in [9.17, 15) is 0 Å². The molecular formula is C56H38N6. The molecule has 12 aromatic rings. The van der Waals surface area contributed by atoms with Gasteiger partial charge in [0.05, 0.1) is 22.2 Å². The van der Waals surface area contributed by atoms with Crippen LogP contribution in [0.1, 0.15) is 0 Å². The molecule has 0 amide bonds. The molecule has 0 bridgehead atoms. The van der Waals surface area contributed by atoms with Crippen molar-refractivity contribution in [1.29, 1.82) is 0 Å². The molecular weight excluding hydrogens is 757 g/mol. The zero-order valence-corrected chi connectivity index (χ0v) is 33.6. The van der Waals surface area contributed by atoms with Crippen LogP contribution in [0, 0.1) is 0 Å². The number of para-hydroxylation sites is 4. The fraction of sp³-hybridized carbons (Fsp3) is 0. The zero-order chi connectivity index (χ0) is 41.0. The molecule has 6 heteroatoms. The van der Waals surface area contributed by atoms with Gasteiger partial charge in [-0.1, -0.05) is 109 Å². The third kappa shape index (κ3) is 5.88. The smallest absolute Gasteiger partial charge is 0.162 e. The monoisotopic (exact) mass is 794 g/mol. The van der Waals surface area contributed by atoms with E-state index in [-0.39, 0.29) is 0 Å². The molecule has 0 radical (unpaired) electrons. The number of hydrogen-bond acceptors (Lipinski definition) is 3. The molecule has 8 aromatic carbocycles. The van der Waals surface area contributed by atoms with E-state index in [0.717, 1.165) is 78.5 Å². The Morgan fingerprint density at radius 3 is 1.58 bits per heavy atom. The van der Waals surface area contributed by atoms with Gasteiger partial charge < -0.3 is 18.6 Å². The Hall–Kier alpha value is -8.48. The Morgan fingerprint density at radius 1 is 0.355 bits per heavy atom. The van der Waals surface area contributed by atoms with Crippen LogP contribution in [-0.4, -0.2) is 23.7 Å². The normalized spacial score (nSPS) is 11.5. The predicted molar refractivity (Wildman–Crippen MR) is 256 cm³/mol. The standard InChI is InChI=1S/C56H38N6/c1-6-16-39(17-7-1)53-49-35-37-60(42-20-10-3-11-21-42)56(49)58-55(57-53)40-26-28-45(29-27-40)62-52-32-30-46(61(43-22-12-4-13-23-43)44-24-14-5-15-25-44)38-50(52)47-31-33-51-48(54(47)62)34-36-59(51)41-18-8-2-9-19-41/h1-38H. The van der Waals surface area contributed by atoms with Gasteiger partial charge in [0.2, 0.25) is 0 Å². The molecule has 292 valence electrons. The van der Waals surface area contributed by atoms with Gasteiger partial charge in [-0.3, -0.25) is 0 Å². The quantitative estimate of drug-likeness (QED) is 0.154. The first kappa shape index (κ1) is 35.5. The highest BCUT2D eigenvalue weighted by Gasteiger charge is 2.21. The van der Waals surface area contributed by atoms with Crippen LogP contribution in [0.4, 0.5) is 17.1 Å². The maximum absolute atomic E-state index is 5.25. The summed E-state index contributed by atoms with van der Waals surface area (Å²) < 4.78 is 6.85. The van der Waals surface area contributed by atoms with Gasteiger partial charge in [0.1, 0.15) is 5.65 Å². The van der Waals surface area contributed by atoms with Crippen molar-refractivity contribution in [3.63, 3.8) is 0 Å². The van der Waals surface area contributed by atoms with Crippen molar-refractivity contribution in [2.24, 2.45) is 0 Å². The first-order valence-electron chi connectivity index (χ1n) is 20.9. The van der Waals surface area contributed by atoms with Crippen LogP contribution in [0.25, 0.3) is 83.4 Å². The number of rotatable bonds is 8. The van der Waals surface area contributed by atoms with Crippen LogP contribution in [0.15, 0.2) is 231 Å². The number of aromatic nitrogens is 5. The Morgan fingerprint density at radius 2 is 0.919 bits per heavy atom. The lowest BCUT2D eigenvalue weighted by Crippen LogP contribution is -2.09. The number of benzene rings is 8. The van der Waals surface area contributed by atoms with E-state index in [1.165, 1.54) is 16.2 Å². The van der Waals surface area contributed by atoms with Crippen LogP contribution >= 0.6 is 0 Å². The molecule has 62 heavy (non-hydrogen) atoms. The summed E-state index contributed by atoms with van der Waals surface area (Å²) in [6.45, 7) is 0.